The molecule has 0 saturated heterocycles. The van der Waals surface area contributed by atoms with Crippen molar-refractivity contribution in [3.8, 4) is 6.07 Å². The molecule has 0 radical (unpaired) electrons. The topological polar surface area (TPSA) is 109 Å². The fraction of sp³-hybridized carbons (Fsp3) is 0.300. The van der Waals surface area contributed by atoms with E-state index in [0.29, 0.717) is 0 Å². The highest BCUT2D eigenvalue weighted by Crippen LogP contribution is 2.19. The maximum Gasteiger partial charge on any atom is 0.288 e. The number of nitriles is 1. The molecule has 0 aliphatic rings. The maximum atomic E-state index is 11.8. The molecule has 0 aromatic carbocycles. The summed E-state index contributed by atoms with van der Waals surface area (Å²) in [6, 6.07) is 2.57. The van der Waals surface area contributed by atoms with Crippen molar-refractivity contribution >= 4 is 23.2 Å². The number of hydrogen-bond donors (Lipinski definition) is 1. The molecular weight excluding hydrogens is 260 g/mol. The first-order valence-corrected chi connectivity index (χ1v) is 5.31. The molecule has 1 N–H and O–H groups in total. The van der Waals surface area contributed by atoms with E-state index in [1.807, 2.05) is 6.07 Å². The molecule has 1 aromatic heterocycles. The number of nitro groups is 1. The minimum atomic E-state index is -0.668. The van der Waals surface area contributed by atoms with Gasteiger partial charge in [0.1, 0.15) is 11.3 Å². The predicted octanol–water partition coefficient (Wildman–Crippen LogP) is 1.68. The van der Waals surface area contributed by atoms with Crippen LogP contribution in [0.5, 0.6) is 0 Å². The van der Waals surface area contributed by atoms with Gasteiger partial charge in [0, 0.05) is 12.1 Å². The van der Waals surface area contributed by atoms with Crippen LogP contribution in [0.2, 0.25) is 5.15 Å². The summed E-state index contributed by atoms with van der Waals surface area (Å²) in [5.74, 6) is -0.598. The van der Waals surface area contributed by atoms with Gasteiger partial charge in [0.2, 0.25) is 0 Å². The third kappa shape index (κ3) is 3.40. The van der Waals surface area contributed by atoms with Crippen molar-refractivity contribution in [1.82, 2.24) is 10.3 Å². The van der Waals surface area contributed by atoms with E-state index >= 15 is 0 Å². The van der Waals surface area contributed by atoms with Gasteiger partial charge in [-0.2, -0.15) is 5.26 Å². The third-order valence-electron chi connectivity index (χ3n) is 2.06. The highest BCUT2D eigenvalue weighted by atomic mass is 35.5. The average molecular weight is 269 g/mol. The van der Waals surface area contributed by atoms with Gasteiger partial charge in [0.25, 0.3) is 11.6 Å². The number of hydrogen-bond acceptors (Lipinski definition) is 5. The summed E-state index contributed by atoms with van der Waals surface area (Å²) in [7, 11) is 0. The van der Waals surface area contributed by atoms with Gasteiger partial charge < -0.3 is 5.32 Å². The normalized spacial score (nSPS) is 11.4. The van der Waals surface area contributed by atoms with E-state index in [9.17, 15) is 14.9 Å². The lowest BCUT2D eigenvalue weighted by atomic mass is 10.2. The molecule has 0 saturated carbocycles. The molecule has 1 unspecified atom stereocenters. The number of carbonyl (C=O) groups excluding carboxylic acids is 1. The first-order valence-electron chi connectivity index (χ1n) is 4.93. The summed E-state index contributed by atoms with van der Waals surface area (Å²) in [5, 5.41) is 21.4. The van der Waals surface area contributed by atoms with Crippen LogP contribution in [0.25, 0.3) is 0 Å². The van der Waals surface area contributed by atoms with E-state index in [0.717, 1.165) is 12.3 Å². The Morgan fingerprint density at radius 2 is 2.44 bits per heavy atom. The molecule has 1 aromatic rings. The second-order valence-electron chi connectivity index (χ2n) is 3.53. The molecule has 94 valence electrons. The quantitative estimate of drug-likeness (QED) is 0.507. The molecule has 1 atom stereocenters. The van der Waals surface area contributed by atoms with Crippen molar-refractivity contribution in [3.63, 3.8) is 0 Å². The van der Waals surface area contributed by atoms with E-state index < -0.39 is 10.8 Å². The number of carbonyl (C=O) groups is 1. The summed E-state index contributed by atoms with van der Waals surface area (Å²) in [6.07, 6.45) is 1.10. The molecular formula is C10H9ClN4O3. The highest BCUT2D eigenvalue weighted by molar-refractivity contribution is 6.32. The molecule has 0 fully saturated rings. The fourth-order valence-electron chi connectivity index (χ4n) is 1.19. The number of rotatable bonds is 4. The summed E-state index contributed by atoms with van der Waals surface area (Å²) >= 11 is 5.70. The van der Waals surface area contributed by atoms with Crippen molar-refractivity contribution in [2.24, 2.45) is 0 Å². The van der Waals surface area contributed by atoms with Crippen LogP contribution >= 0.6 is 11.6 Å². The minimum Gasteiger partial charge on any atom is -0.348 e. The van der Waals surface area contributed by atoms with Crippen molar-refractivity contribution in [1.29, 1.82) is 5.26 Å². The van der Waals surface area contributed by atoms with Crippen molar-refractivity contribution < 1.29 is 9.72 Å². The highest BCUT2D eigenvalue weighted by Gasteiger charge is 2.18. The zero-order chi connectivity index (χ0) is 13.7. The molecule has 1 heterocycles. The lowest BCUT2D eigenvalue weighted by Gasteiger charge is -2.10. The smallest absolute Gasteiger partial charge is 0.288 e. The summed E-state index contributed by atoms with van der Waals surface area (Å²) < 4.78 is 0. The van der Waals surface area contributed by atoms with Crippen molar-refractivity contribution in [2.75, 3.05) is 0 Å². The number of nitrogens with one attached hydrogen (secondary N) is 1. The zero-order valence-corrected chi connectivity index (χ0v) is 10.1. The Hall–Kier alpha value is -2.20. The monoisotopic (exact) mass is 268 g/mol. The fourth-order valence-corrected chi connectivity index (χ4v) is 1.37. The molecule has 8 heteroatoms. The van der Waals surface area contributed by atoms with E-state index in [2.05, 4.69) is 10.3 Å². The second kappa shape index (κ2) is 5.93. The number of aromatic nitrogens is 1. The molecule has 0 spiro atoms. The SMILES string of the molecule is CC(CC#N)NC(=O)c1cc([N+](=O)[O-])cnc1Cl. The maximum absolute atomic E-state index is 11.8. The van der Waals surface area contributed by atoms with Crippen LogP contribution in [0.4, 0.5) is 5.69 Å². The van der Waals surface area contributed by atoms with Gasteiger partial charge in [-0.1, -0.05) is 11.6 Å². The van der Waals surface area contributed by atoms with E-state index in [1.165, 1.54) is 0 Å². The van der Waals surface area contributed by atoms with Crippen LogP contribution < -0.4 is 5.32 Å². The van der Waals surface area contributed by atoms with Gasteiger partial charge >= 0.3 is 0 Å². The largest absolute Gasteiger partial charge is 0.348 e. The Kier molecular flexibility index (Phi) is 4.57. The zero-order valence-electron chi connectivity index (χ0n) is 9.38. The average Bonchev–Trinajstić information content (AvgIpc) is 2.29. The molecule has 7 nitrogen and oxygen atoms in total. The Bertz CT molecular complexity index is 526. The second-order valence-corrected chi connectivity index (χ2v) is 3.88. The molecule has 0 aliphatic heterocycles. The Morgan fingerprint density at radius 1 is 1.78 bits per heavy atom. The Labute approximate surface area is 108 Å². The van der Waals surface area contributed by atoms with Gasteiger partial charge in [-0.3, -0.25) is 14.9 Å². The number of pyridine rings is 1. The van der Waals surface area contributed by atoms with Crippen LogP contribution in [0.15, 0.2) is 12.3 Å². The van der Waals surface area contributed by atoms with Crippen LogP contribution in [-0.2, 0) is 0 Å². The molecule has 0 bridgehead atoms. The van der Waals surface area contributed by atoms with Crippen LogP contribution in [0, 0.1) is 21.4 Å². The standard InChI is InChI=1S/C10H9ClN4O3/c1-6(2-3-12)14-10(16)8-4-7(15(17)18)5-13-9(8)11/h4-6H,2H2,1H3,(H,14,16). The van der Waals surface area contributed by atoms with Crippen LogP contribution in [0.1, 0.15) is 23.7 Å². The number of amides is 1. The van der Waals surface area contributed by atoms with Gasteiger partial charge in [-0.05, 0) is 6.92 Å². The lowest BCUT2D eigenvalue weighted by molar-refractivity contribution is -0.385. The lowest BCUT2D eigenvalue weighted by Crippen LogP contribution is -2.32. The molecule has 18 heavy (non-hydrogen) atoms. The Morgan fingerprint density at radius 3 is 3.00 bits per heavy atom. The van der Waals surface area contributed by atoms with Gasteiger partial charge in [-0.25, -0.2) is 4.98 Å². The molecule has 0 aliphatic carbocycles. The van der Waals surface area contributed by atoms with Gasteiger partial charge in [0.15, 0.2) is 0 Å². The third-order valence-corrected chi connectivity index (χ3v) is 2.36. The Balaban J connectivity index is 2.95. The van der Waals surface area contributed by atoms with E-state index in [1.54, 1.807) is 6.92 Å². The predicted molar refractivity (Wildman–Crippen MR) is 63.1 cm³/mol. The summed E-state index contributed by atoms with van der Waals surface area (Å²) in [4.78, 5) is 25.2. The van der Waals surface area contributed by atoms with Crippen LogP contribution in [0.3, 0.4) is 0 Å². The molecule has 1 rings (SSSR count). The minimum absolute atomic E-state index is 0.0874. The van der Waals surface area contributed by atoms with Crippen LogP contribution in [-0.4, -0.2) is 21.9 Å². The summed E-state index contributed by atoms with van der Waals surface area (Å²) in [5.41, 5.74) is -0.409. The first kappa shape index (κ1) is 13.9. The van der Waals surface area contributed by atoms with Gasteiger partial charge in [-0.15, -0.1) is 0 Å². The number of halogens is 1. The summed E-state index contributed by atoms with van der Waals surface area (Å²) in [6.45, 7) is 1.64. The van der Waals surface area contributed by atoms with Crippen molar-refractivity contribution in [2.45, 2.75) is 19.4 Å². The number of nitrogens with zero attached hydrogens (tertiary/aromatic N) is 3. The van der Waals surface area contributed by atoms with Gasteiger partial charge in [0.05, 0.1) is 23.0 Å². The molecule has 1 amide bonds. The van der Waals surface area contributed by atoms with Crippen molar-refractivity contribution in [3.05, 3.63) is 33.1 Å². The van der Waals surface area contributed by atoms with E-state index in [4.69, 9.17) is 16.9 Å². The first-order chi connectivity index (χ1) is 8.45. The van der Waals surface area contributed by atoms with E-state index in [-0.39, 0.29) is 28.9 Å².